The number of hydrogen-bond acceptors (Lipinski definition) is 7. The Labute approximate surface area is 190 Å². The predicted molar refractivity (Wildman–Crippen MR) is 117 cm³/mol. The molecular formula is C23H26N2O8. The van der Waals surface area contributed by atoms with E-state index in [9.17, 15) is 19.5 Å². The lowest BCUT2D eigenvalue weighted by Crippen LogP contribution is -2.51. The van der Waals surface area contributed by atoms with Crippen molar-refractivity contribution in [1.82, 2.24) is 10.6 Å². The van der Waals surface area contributed by atoms with Gasteiger partial charge in [-0.1, -0.05) is 48.5 Å². The quantitative estimate of drug-likeness (QED) is 0.489. The molecule has 1 atom stereocenters. The number of nitrogens with one attached hydrogen (secondary N) is 2. The number of ether oxygens (including phenoxy) is 4. The van der Waals surface area contributed by atoms with Crippen LogP contribution in [0.15, 0.2) is 48.5 Å². The number of methoxy groups -OCH3 is 2. The summed E-state index contributed by atoms with van der Waals surface area (Å²) in [4.78, 5) is 35.7. The van der Waals surface area contributed by atoms with Crippen molar-refractivity contribution in [3.05, 3.63) is 59.7 Å². The van der Waals surface area contributed by atoms with Gasteiger partial charge in [0.1, 0.15) is 12.6 Å². The standard InChI is InChI=1S/C23H26N2O8/c1-23(30-2,31-3)33-22(29)25-19(20(26)27)12-24-21(28)32-13-18-16-10-6-4-8-14(16)15-9-5-7-11-17(15)18/h4-11,18-19H,12-13H2,1-3H3,(H,24,28)(H,25,29)(H,26,27)/t19-/m0/s1. The maximum Gasteiger partial charge on any atom is 0.412 e. The minimum absolute atomic E-state index is 0.0765. The van der Waals surface area contributed by atoms with Gasteiger partial charge in [-0.15, -0.1) is 0 Å². The molecule has 3 N–H and O–H groups in total. The Kier molecular flexibility index (Phi) is 7.52. The van der Waals surface area contributed by atoms with Crippen LogP contribution >= 0.6 is 0 Å². The average Bonchev–Trinajstić information content (AvgIpc) is 3.13. The van der Waals surface area contributed by atoms with Crippen LogP contribution in [0.2, 0.25) is 0 Å². The third-order valence-electron chi connectivity index (χ3n) is 5.40. The van der Waals surface area contributed by atoms with Crippen LogP contribution in [0.5, 0.6) is 0 Å². The number of carboxylic acid groups (broad SMARTS) is 1. The van der Waals surface area contributed by atoms with E-state index in [-0.39, 0.29) is 12.5 Å². The molecule has 2 aromatic rings. The van der Waals surface area contributed by atoms with Gasteiger partial charge in [0.05, 0.1) is 6.54 Å². The molecule has 0 radical (unpaired) electrons. The number of hydrogen-bond donors (Lipinski definition) is 3. The summed E-state index contributed by atoms with van der Waals surface area (Å²) in [6, 6.07) is 14.3. The van der Waals surface area contributed by atoms with Gasteiger partial charge in [-0.25, -0.2) is 14.4 Å². The molecule has 0 heterocycles. The minimum Gasteiger partial charge on any atom is -0.480 e. The first-order valence-corrected chi connectivity index (χ1v) is 10.2. The highest BCUT2D eigenvalue weighted by molar-refractivity contribution is 5.81. The Morgan fingerprint density at radius 2 is 1.52 bits per heavy atom. The third kappa shape index (κ3) is 5.60. The number of aliphatic carboxylic acids is 1. The molecule has 0 saturated carbocycles. The minimum atomic E-state index is -1.69. The van der Waals surface area contributed by atoms with Crippen molar-refractivity contribution in [1.29, 1.82) is 0 Å². The average molecular weight is 458 g/mol. The van der Waals surface area contributed by atoms with E-state index in [1.807, 2.05) is 48.5 Å². The van der Waals surface area contributed by atoms with Gasteiger partial charge < -0.3 is 34.7 Å². The molecule has 0 fully saturated rings. The number of fused-ring (bicyclic) bond motifs is 3. The SMILES string of the molecule is COC(C)(OC)OC(=O)N[C@@H](CNC(=O)OCC1c2ccccc2-c2ccccc21)C(=O)O. The van der Waals surface area contributed by atoms with Gasteiger partial charge in [0.2, 0.25) is 0 Å². The molecule has 2 amide bonds. The Morgan fingerprint density at radius 3 is 2.03 bits per heavy atom. The molecule has 2 aromatic carbocycles. The second-order valence-electron chi connectivity index (χ2n) is 7.40. The van der Waals surface area contributed by atoms with Gasteiger partial charge in [0.25, 0.3) is 0 Å². The van der Waals surface area contributed by atoms with Crippen LogP contribution < -0.4 is 10.6 Å². The van der Waals surface area contributed by atoms with Crippen molar-refractivity contribution >= 4 is 18.2 Å². The van der Waals surface area contributed by atoms with E-state index in [0.717, 1.165) is 22.3 Å². The van der Waals surface area contributed by atoms with Gasteiger partial charge in [0, 0.05) is 27.1 Å². The van der Waals surface area contributed by atoms with E-state index in [1.54, 1.807) is 0 Å². The Balaban J connectivity index is 1.55. The maximum atomic E-state index is 12.2. The maximum absolute atomic E-state index is 12.2. The van der Waals surface area contributed by atoms with Crippen LogP contribution in [0, 0.1) is 0 Å². The smallest absolute Gasteiger partial charge is 0.412 e. The van der Waals surface area contributed by atoms with Crippen LogP contribution in [-0.4, -0.2) is 62.6 Å². The summed E-state index contributed by atoms with van der Waals surface area (Å²) in [5.74, 6) is -3.19. The normalized spacial score (nSPS) is 13.4. The van der Waals surface area contributed by atoms with Crippen molar-refractivity contribution in [3.8, 4) is 11.1 Å². The number of carbonyl (C=O) groups is 3. The summed E-state index contributed by atoms with van der Waals surface area (Å²) in [5, 5.41) is 13.8. The first-order chi connectivity index (χ1) is 15.8. The fourth-order valence-corrected chi connectivity index (χ4v) is 3.54. The van der Waals surface area contributed by atoms with E-state index in [1.165, 1.54) is 21.1 Å². The number of amides is 2. The summed E-state index contributed by atoms with van der Waals surface area (Å²) < 4.78 is 20.0. The molecule has 3 rings (SSSR count). The molecule has 1 aliphatic rings. The number of alkyl carbamates (subject to hydrolysis) is 2. The number of benzene rings is 2. The molecule has 0 bridgehead atoms. The van der Waals surface area contributed by atoms with Gasteiger partial charge >= 0.3 is 24.1 Å². The lowest BCUT2D eigenvalue weighted by molar-refractivity contribution is -0.322. The fraction of sp³-hybridized carbons (Fsp3) is 0.348. The largest absolute Gasteiger partial charge is 0.480 e. The van der Waals surface area contributed by atoms with Crippen molar-refractivity contribution in [2.24, 2.45) is 0 Å². The van der Waals surface area contributed by atoms with Crippen LogP contribution in [0.1, 0.15) is 24.0 Å². The topological polar surface area (TPSA) is 132 Å². The first-order valence-electron chi connectivity index (χ1n) is 10.2. The summed E-state index contributed by atoms with van der Waals surface area (Å²) in [7, 11) is 2.51. The third-order valence-corrected chi connectivity index (χ3v) is 5.40. The van der Waals surface area contributed by atoms with Gasteiger partial charge in [-0.05, 0) is 22.3 Å². The van der Waals surface area contributed by atoms with E-state index < -0.39 is 36.7 Å². The zero-order valence-corrected chi connectivity index (χ0v) is 18.5. The summed E-state index contributed by atoms with van der Waals surface area (Å²) in [6.45, 7) is 0.988. The molecule has 176 valence electrons. The molecule has 0 aromatic heterocycles. The van der Waals surface area contributed by atoms with Crippen molar-refractivity contribution in [2.75, 3.05) is 27.4 Å². The molecule has 1 aliphatic carbocycles. The zero-order valence-electron chi connectivity index (χ0n) is 18.5. The lowest BCUT2D eigenvalue weighted by Gasteiger charge is -2.26. The van der Waals surface area contributed by atoms with E-state index in [2.05, 4.69) is 10.6 Å². The fourth-order valence-electron chi connectivity index (χ4n) is 3.54. The zero-order chi connectivity index (χ0) is 24.0. The molecule has 10 nitrogen and oxygen atoms in total. The lowest BCUT2D eigenvalue weighted by atomic mass is 9.98. The second-order valence-corrected chi connectivity index (χ2v) is 7.40. The number of carbonyl (C=O) groups excluding carboxylic acids is 2. The summed E-state index contributed by atoms with van der Waals surface area (Å²) in [6.07, 6.45) is -1.90. The van der Waals surface area contributed by atoms with Crippen LogP contribution in [0.25, 0.3) is 11.1 Å². The van der Waals surface area contributed by atoms with Crippen LogP contribution in [-0.2, 0) is 23.7 Å². The molecular weight excluding hydrogens is 432 g/mol. The second kappa shape index (κ2) is 10.3. The molecule has 0 saturated heterocycles. The Bertz CT molecular complexity index is 976. The molecule has 10 heteroatoms. The monoisotopic (exact) mass is 458 g/mol. The summed E-state index contributed by atoms with van der Waals surface area (Å²) >= 11 is 0. The number of carboxylic acids is 1. The van der Waals surface area contributed by atoms with Crippen LogP contribution in [0.4, 0.5) is 9.59 Å². The van der Waals surface area contributed by atoms with Crippen LogP contribution in [0.3, 0.4) is 0 Å². The van der Waals surface area contributed by atoms with E-state index in [0.29, 0.717) is 0 Å². The van der Waals surface area contributed by atoms with Gasteiger partial charge in [0.15, 0.2) is 0 Å². The van der Waals surface area contributed by atoms with E-state index in [4.69, 9.17) is 18.9 Å². The highest BCUT2D eigenvalue weighted by Crippen LogP contribution is 2.44. The summed E-state index contributed by atoms with van der Waals surface area (Å²) in [5.41, 5.74) is 4.29. The van der Waals surface area contributed by atoms with Crippen molar-refractivity contribution in [2.45, 2.75) is 24.9 Å². The van der Waals surface area contributed by atoms with Crippen molar-refractivity contribution in [3.63, 3.8) is 0 Å². The predicted octanol–water partition coefficient (Wildman–Crippen LogP) is 2.67. The highest BCUT2D eigenvalue weighted by atomic mass is 16.9. The molecule has 0 spiro atoms. The van der Waals surface area contributed by atoms with Crippen molar-refractivity contribution < 1.29 is 38.4 Å². The number of rotatable bonds is 9. The first kappa shape index (κ1) is 24.0. The van der Waals surface area contributed by atoms with Gasteiger partial charge in [-0.3, -0.25) is 0 Å². The Hall–Kier alpha value is -3.63. The molecule has 0 aliphatic heterocycles. The van der Waals surface area contributed by atoms with E-state index >= 15 is 0 Å². The van der Waals surface area contributed by atoms with Gasteiger partial charge in [-0.2, -0.15) is 0 Å². The molecule has 33 heavy (non-hydrogen) atoms. The highest BCUT2D eigenvalue weighted by Gasteiger charge is 2.31. The molecule has 0 unspecified atom stereocenters. The Morgan fingerprint density at radius 1 is 0.970 bits per heavy atom.